The van der Waals surface area contributed by atoms with Crippen molar-refractivity contribution in [2.75, 3.05) is 0 Å². The summed E-state index contributed by atoms with van der Waals surface area (Å²) < 4.78 is 5.58. The maximum atomic E-state index is 11.8. The fourth-order valence-electron chi connectivity index (χ4n) is 3.32. The van der Waals surface area contributed by atoms with Gasteiger partial charge in [0.2, 0.25) is 0 Å². The number of phenolic OH excluding ortho intramolecular Hbond substituents is 1. The Labute approximate surface area is 107 Å². The highest BCUT2D eigenvalue weighted by atomic mass is 16.5. The van der Waals surface area contributed by atoms with E-state index in [0.717, 1.165) is 17.9 Å². The Hall–Kier alpha value is -1.51. The van der Waals surface area contributed by atoms with Crippen LogP contribution in [0.25, 0.3) is 0 Å². The average molecular weight is 246 g/mol. The minimum atomic E-state index is -0.141. The van der Waals surface area contributed by atoms with Gasteiger partial charge in [0.05, 0.1) is 6.42 Å². The summed E-state index contributed by atoms with van der Waals surface area (Å²) in [5, 5.41) is 9.18. The van der Waals surface area contributed by atoms with Gasteiger partial charge in [-0.25, -0.2) is 0 Å². The van der Waals surface area contributed by atoms with Crippen LogP contribution in [-0.2, 0) is 16.0 Å². The summed E-state index contributed by atoms with van der Waals surface area (Å²) >= 11 is 0. The first-order valence-electron chi connectivity index (χ1n) is 6.68. The second-order valence-corrected chi connectivity index (χ2v) is 5.55. The Morgan fingerprint density at radius 3 is 2.61 bits per heavy atom. The van der Waals surface area contributed by atoms with Crippen LogP contribution in [0, 0.1) is 11.8 Å². The first-order valence-corrected chi connectivity index (χ1v) is 6.68. The van der Waals surface area contributed by atoms with Crippen molar-refractivity contribution < 1.29 is 14.6 Å². The monoisotopic (exact) mass is 246 g/mol. The molecule has 0 saturated heterocycles. The summed E-state index contributed by atoms with van der Waals surface area (Å²) in [6, 6.07) is 6.72. The van der Waals surface area contributed by atoms with Crippen LogP contribution in [0.1, 0.15) is 31.2 Å². The van der Waals surface area contributed by atoms with Gasteiger partial charge in [0.25, 0.3) is 0 Å². The average Bonchev–Trinajstić information content (AvgIpc) is 2.94. The van der Waals surface area contributed by atoms with Gasteiger partial charge >= 0.3 is 5.97 Å². The second-order valence-electron chi connectivity index (χ2n) is 5.55. The molecule has 2 bridgehead atoms. The highest BCUT2D eigenvalue weighted by molar-refractivity contribution is 5.72. The number of hydrogen-bond acceptors (Lipinski definition) is 3. The third-order valence-electron chi connectivity index (χ3n) is 4.24. The van der Waals surface area contributed by atoms with Gasteiger partial charge < -0.3 is 9.84 Å². The van der Waals surface area contributed by atoms with Gasteiger partial charge in [-0.05, 0) is 55.2 Å². The molecule has 0 spiro atoms. The lowest BCUT2D eigenvalue weighted by molar-refractivity contribution is -0.150. The molecule has 3 nitrogen and oxygen atoms in total. The standard InChI is InChI=1S/C15H18O3/c16-13-5-2-10(3-6-13)9-15(17)18-14-8-11-1-4-12(14)7-11/h2-3,5-6,11-12,14,16H,1,4,7-9H2/t11-,12-,14-/m0/s1. The topological polar surface area (TPSA) is 46.5 Å². The molecule has 1 aromatic carbocycles. The van der Waals surface area contributed by atoms with Crippen LogP contribution < -0.4 is 0 Å². The quantitative estimate of drug-likeness (QED) is 0.834. The van der Waals surface area contributed by atoms with E-state index in [1.807, 2.05) is 0 Å². The van der Waals surface area contributed by atoms with Crippen LogP contribution in [0.5, 0.6) is 5.75 Å². The first kappa shape index (κ1) is 11.6. The molecule has 0 aliphatic heterocycles. The van der Waals surface area contributed by atoms with Crippen molar-refractivity contribution >= 4 is 5.97 Å². The van der Waals surface area contributed by atoms with E-state index in [2.05, 4.69) is 0 Å². The Kier molecular flexibility index (Phi) is 2.98. The van der Waals surface area contributed by atoms with Gasteiger partial charge in [0.1, 0.15) is 11.9 Å². The van der Waals surface area contributed by atoms with Crippen molar-refractivity contribution in [1.82, 2.24) is 0 Å². The van der Waals surface area contributed by atoms with Gasteiger partial charge in [0.15, 0.2) is 0 Å². The molecule has 2 fully saturated rings. The van der Waals surface area contributed by atoms with Gasteiger partial charge in [0, 0.05) is 0 Å². The number of fused-ring (bicyclic) bond motifs is 2. The number of rotatable bonds is 3. The predicted octanol–water partition coefficient (Wildman–Crippen LogP) is 2.67. The van der Waals surface area contributed by atoms with Crippen molar-refractivity contribution in [2.45, 2.75) is 38.2 Å². The summed E-state index contributed by atoms with van der Waals surface area (Å²) in [7, 11) is 0. The minimum Gasteiger partial charge on any atom is -0.508 e. The third kappa shape index (κ3) is 2.35. The lowest BCUT2D eigenvalue weighted by Gasteiger charge is -2.21. The molecule has 0 radical (unpaired) electrons. The number of phenols is 1. The number of ether oxygens (including phenoxy) is 1. The smallest absolute Gasteiger partial charge is 0.310 e. The molecule has 0 unspecified atom stereocenters. The van der Waals surface area contributed by atoms with Crippen LogP contribution in [-0.4, -0.2) is 17.2 Å². The lowest BCUT2D eigenvalue weighted by atomic mass is 9.98. The molecular weight excluding hydrogens is 228 g/mol. The van der Waals surface area contributed by atoms with Crippen LogP contribution >= 0.6 is 0 Å². The van der Waals surface area contributed by atoms with Gasteiger partial charge in [-0.1, -0.05) is 12.1 Å². The third-order valence-corrected chi connectivity index (χ3v) is 4.24. The zero-order chi connectivity index (χ0) is 12.5. The van der Waals surface area contributed by atoms with Crippen molar-refractivity contribution in [3.63, 3.8) is 0 Å². The summed E-state index contributed by atoms with van der Waals surface area (Å²) in [4.78, 5) is 11.8. The van der Waals surface area contributed by atoms with Crippen LogP contribution in [0.15, 0.2) is 24.3 Å². The maximum Gasteiger partial charge on any atom is 0.310 e. The molecule has 2 aliphatic rings. The fraction of sp³-hybridized carbons (Fsp3) is 0.533. The molecule has 3 atom stereocenters. The van der Waals surface area contributed by atoms with E-state index >= 15 is 0 Å². The molecule has 0 heterocycles. The Morgan fingerprint density at radius 2 is 2.00 bits per heavy atom. The molecule has 3 heteroatoms. The zero-order valence-electron chi connectivity index (χ0n) is 10.3. The number of hydrogen-bond donors (Lipinski definition) is 1. The molecule has 2 saturated carbocycles. The molecule has 18 heavy (non-hydrogen) atoms. The number of carbonyl (C=O) groups is 1. The van der Waals surface area contributed by atoms with Crippen LogP contribution in [0.4, 0.5) is 0 Å². The summed E-state index contributed by atoms with van der Waals surface area (Å²) in [6.07, 6.45) is 5.31. The number of esters is 1. The van der Waals surface area contributed by atoms with E-state index in [-0.39, 0.29) is 17.8 Å². The van der Waals surface area contributed by atoms with E-state index in [4.69, 9.17) is 4.74 Å². The second kappa shape index (κ2) is 4.63. The highest BCUT2D eigenvalue weighted by Gasteiger charge is 2.41. The van der Waals surface area contributed by atoms with Crippen LogP contribution in [0.3, 0.4) is 0 Å². The molecule has 0 aromatic heterocycles. The number of benzene rings is 1. The minimum absolute atomic E-state index is 0.141. The number of carbonyl (C=O) groups excluding carboxylic acids is 1. The van der Waals surface area contributed by atoms with E-state index < -0.39 is 0 Å². The lowest BCUT2D eigenvalue weighted by Crippen LogP contribution is -2.24. The molecule has 0 amide bonds. The zero-order valence-corrected chi connectivity index (χ0v) is 10.3. The molecular formula is C15H18O3. The van der Waals surface area contributed by atoms with Crippen molar-refractivity contribution in [2.24, 2.45) is 11.8 Å². The normalized spacial score (nSPS) is 29.4. The van der Waals surface area contributed by atoms with E-state index in [0.29, 0.717) is 12.3 Å². The Balaban J connectivity index is 1.54. The molecule has 3 rings (SSSR count). The van der Waals surface area contributed by atoms with E-state index in [1.54, 1.807) is 24.3 Å². The Morgan fingerprint density at radius 1 is 1.22 bits per heavy atom. The van der Waals surface area contributed by atoms with Crippen molar-refractivity contribution in [3.8, 4) is 5.75 Å². The van der Waals surface area contributed by atoms with Gasteiger partial charge in [-0.15, -0.1) is 0 Å². The van der Waals surface area contributed by atoms with Gasteiger partial charge in [-0.2, -0.15) is 0 Å². The molecule has 1 N–H and O–H groups in total. The number of aromatic hydroxyl groups is 1. The fourth-order valence-corrected chi connectivity index (χ4v) is 3.32. The summed E-state index contributed by atoms with van der Waals surface area (Å²) in [6.45, 7) is 0. The van der Waals surface area contributed by atoms with Gasteiger partial charge in [-0.3, -0.25) is 4.79 Å². The molecule has 1 aromatic rings. The first-order chi connectivity index (χ1) is 8.70. The molecule has 96 valence electrons. The SMILES string of the molecule is O=C(Cc1ccc(O)cc1)O[C@H]1C[C@H]2CC[C@H]1C2. The summed E-state index contributed by atoms with van der Waals surface area (Å²) in [5.74, 6) is 1.48. The predicted molar refractivity (Wildman–Crippen MR) is 67.1 cm³/mol. The van der Waals surface area contributed by atoms with Crippen LogP contribution in [0.2, 0.25) is 0 Å². The summed E-state index contributed by atoms with van der Waals surface area (Å²) in [5.41, 5.74) is 0.890. The molecule has 2 aliphatic carbocycles. The van der Waals surface area contributed by atoms with Crippen molar-refractivity contribution in [1.29, 1.82) is 0 Å². The highest BCUT2D eigenvalue weighted by Crippen LogP contribution is 2.45. The van der Waals surface area contributed by atoms with Crippen molar-refractivity contribution in [3.05, 3.63) is 29.8 Å². The van der Waals surface area contributed by atoms with E-state index in [9.17, 15) is 9.90 Å². The Bertz CT molecular complexity index is 438. The largest absolute Gasteiger partial charge is 0.508 e. The van der Waals surface area contributed by atoms with E-state index in [1.165, 1.54) is 19.3 Å². The maximum absolute atomic E-state index is 11.8.